The van der Waals surface area contributed by atoms with Gasteiger partial charge in [0.15, 0.2) is 11.6 Å². The van der Waals surface area contributed by atoms with Gasteiger partial charge in [-0.2, -0.15) is 10.2 Å². The number of halogens is 3. The van der Waals surface area contributed by atoms with E-state index in [9.17, 15) is 18.4 Å². The van der Waals surface area contributed by atoms with Crippen LogP contribution in [0.25, 0.3) is 11.3 Å². The van der Waals surface area contributed by atoms with E-state index in [-0.39, 0.29) is 40.9 Å². The number of nitrogens with two attached hydrogens (primary N) is 2. The Kier molecular flexibility index (Phi) is 4.81. The van der Waals surface area contributed by atoms with Gasteiger partial charge in [0.05, 0.1) is 5.69 Å². The van der Waals surface area contributed by atoms with Gasteiger partial charge in [0, 0.05) is 11.6 Å². The number of nitrogen functional groups attached to an aromatic ring is 2. The molecule has 3 aromatic rings. The van der Waals surface area contributed by atoms with Gasteiger partial charge in [0.25, 0.3) is 0 Å². The number of ether oxygens (including phenoxy) is 1. The highest BCUT2D eigenvalue weighted by molar-refractivity contribution is 5.77. The van der Waals surface area contributed by atoms with Crippen LogP contribution in [0.4, 0.5) is 24.9 Å². The summed E-state index contributed by atoms with van der Waals surface area (Å²) in [6.07, 6.45) is 0. The maximum Gasteiger partial charge on any atom is 0.222 e. The molecule has 2 aromatic carbocycles. The monoisotopic (exact) mass is 371 g/mol. The number of anilines is 2. The lowest BCUT2D eigenvalue weighted by Crippen LogP contribution is -2.06. The zero-order valence-electron chi connectivity index (χ0n) is 13.7. The molecule has 0 saturated heterocycles. The number of nitrogens with zero attached hydrogens (tertiary/aromatic N) is 3. The van der Waals surface area contributed by atoms with Crippen LogP contribution in [-0.4, -0.2) is 9.97 Å². The Balaban J connectivity index is 2.02. The smallest absolute Gasteiger partial charge is 0.222 e. The fourth-order valence-corrected chi connectivity index (χ4v) is 2.40. The summed E-state index contributed by atoms with van der Waals surface area (Å²) in [5, 5.41) is 9.32. The van der Waals surface area contributed by atoms with E-state index >= 15 is 0 Å². The van der Waals surface area contributed by atoms with Gasteiger partial charge in [0.1, 0.15) is 35.6 Å². The van der Waals surface area contributed by atoms with Crippen molar-refractivity contribution >= 4 is 11.8 Å². The van der Waals surface area contributed by atoms with Crippen LogP contribution in [0.5, 0.6) is 5.75 Å². The summed E-state index contributed by atoms with van der Waals surface area (Å²) in [6.45, 7) is -0.175. The minimum atomic E-state index is -1.03. The Morgan fingerprint density at radius 1 is 1.00 bits per heavy atom. The fraction of sp³-hybridized carbons (Fsp3) is 0.0556. The summed E-state index contributed by atoms with van der Waals surface area (Å²) < 4.78 is 45.6. The number of hydrogen-bond donors (Lipinski definition) is 2. The lowest BCUT2D eigenvalue weighted by molar-refractivity contribution is 0.304. The molecule has 1 aromatic heterocycles. The molecule has 0 spiro atoms. The largest absolute Gasteiger partial charge is 0.488 e. The van der Waals surface area contributed by atoms with Crippen LogP contribution in [-0.2, 0) is 6.61 Å². The molecule has 27 heavy (non-hydrogen) atoms. The summed E-state index contributed by atoms with van der Waals surface area (Å²) in [6, 6.07) is 8.70. The van der Waals surface area contributed by atoms with Crippen molar-refractivity contribution in [3.8, 4) is 23.1 Å². The van der Waals surface area contributed by atoms with Crippen molar-refractivity contribution in [2.75, 3.05) is 11.5 Å². The van der Waals surface area contributed by atoms with Crippen molar-refractivity contribution in [3.63, 3.8) is 0 Å². The van der Waals surface area contributed by atoms with Crippen LogP contribution in [0.15, 0.2) is 36.4 Å². The average molecular weight is 371 g/mol. The van der Waals surface area contributed by atoms with E-state index in [1.165, 1.54) is 12.1 Å². The summed E-state index contributed by atoms with van der Waals surface area (Å²) in [5.41, 5.74) is 11.9. The van der Waals surface area contributed by atoms with E-state index in [4.69, 9.17) is 16.2 Å². The molecule has 0 atom stereocenters. The van der Waals surface area contributed by atoms with E-state index in [2.05, 4.69) is 9.97 Å². The molecule has 0 bridgehead atoms. The van der Waals surface area contributed by atoms with Crippen LogP contribution in [0.3, 0.4) is 0 Å². The van der Waals surface area contributed by atoms with E-state index in [1.807, 2.05) is 6.07 Å². The normalized spacial score (nSPS) is 10.4. The molecule has 136 valence electrons. The third-order valence-corrected chi connectivity index (χ3v) is 3.64. The standard InChI is InChI=1S/C18H12F3N5O/c19-10-2-3-11(16-12(7-22)17(23)26-18(24)25-16)15(6-10)27-8-9-1-4-13(20)14(21)5-9/h1-6H,8H2,(H4,23,24,25,26). The van der Waals surface area contributed by atoms with Crippen LogP contribution in [0, 0.1) is 28.8 Å². The Labute approximate surface area is 151 Å². The van der Waals surface area contributed by atoms with Crippen molar-refractivity contribution in [1.82, 2.24) is 9.97 Å². The minimum Gasteiger partial charge on any atom is -0.488 e. The van der Waals surface area contributed by atoms with E-state index in [0.717, 1.165) is 24.3 Å². The first-order valence-electron chi connectivity index (χ1n) is 7.58. The number of hydrogen-bond acceptors (Lipinski definition) is 6. The predicted octanol–water partition coefficient (Wildman–Crippen LogP) is 3.18. The van der Waals surface area contributed by atoms with Crippen LogP contribution in [0.2, 0.25) is 0 Å². The molecule has 0 radical (unpaired) electrons. The Bertz CT molecular complexity index is 1070. The van der Waals surface area contributed by atoms with Crippen LogP contribution < -0.4 is 16.2 Å². The van der Waals surface area contributed by atoms with Gasteiger partial charge in [-0.15, -0.1) is 0 Å². The molecule has 0 saturated carbocycles. The molecule has 1 heterocycles. The van der Waals surface area contributed by atoms with Crippen molar-refractivity contribution in [2.24, 2.45) is 0 Å². The molecule has 0 fully saturated rings. The number of aromatic nitrogens is 2. The molecule has 9 heteroatoms. The summed E-state index contributed by atoms with van der Waals surface area (Å²) in [5.74, 6) is -2.90. The fourth-order valence-electron chi connectivity index (χ4n) is 2.40. The number of nitriles is 1. The lowest BCUT2D eigenvalue weighted by atomic mass is 10.1. The third-order valence-electron chi connectivity index (χ3n) is 3.64. The molecule has 6 nitrogen and oxygen atoms in total. The summed E-state index contributed by atoms with van der Waals surface area (Å²) in [7, 11) is 0. The molecule has 0 amide bonds. The Morgan fingerprint density at radius 2 is 1.78 bits per heavy atom. The molecular weight excluding hydrogens is 359 g/mol. The second-order valence-corrected chi connectivity index (χ2v) is 5.48. The predicted molar refractivity (Wildman–Crippen MR) is 91.7 cm³/mol. The highest BCUT2D eigenvalue weighted by atomic mass is 19.2. The molecule has 0 aliphatic rings. The van der Waals surface area contributed by atoms with E-state index in [0.29, 0.717) is 5.56 Å². The van der Waals surface area contributed by atoms with Crippen LogP contribution >= 0.6 is 0 Å². The van der Waals surface area contributed by atoms with Crippen molar-refractivity contribution in [2.45, 2.75) is 6.61 Å². The highest BCUT2D eigenvalue weighted by Crippen LogP contribution is 2.34. The van der Waals surface area contributed by atoms with Gasteiger partial charge < -0.3 is 16.2 Å². The molecule has 4 N–H and O–H groups in total. The first kappa shape index (κ1) is 18.0. The summed E-state index contributed by atoms with van der Waals surface area (Å²) >= 11 is 0. The van der Waals surface area contributed by atoms with Crippen molar-refractivity contribution in [1.29, 1.82) is 5.26 Å². The molecule has 0 unspecified atom stereocenters. The van der Waals surface area contributed by atoms with Gasteiger partial charge in [-0.1, -0.05) is 6.07 Å². The van der Waals surface area contributed by atoms with E-state index in [1.54, 1.807) is 0 Å². The zero-order valence-corrected chi connectivity index (χ0v) is 13.7. The molecular formula is C18H12F3N5O. The minimum absolute atomic E-state index is 0.0220. The first-order chi connectivity index (χ1) is 12.9. The molecule has 0 aliphatic heterocycles. The Morgan fingerprint density at radius 3 is 2.48 bits per heavy atom. The van der Waals surface area contributed by atoms with Gasteiger partial charge in [-0.05, 0) is 29.8 Å². The second kappa shape index (κ2) is 7.21. The van der Waals surface area contributed by atoms with Gasteiger partial charge in [0.2, 0.25) is 5.95 Å². The Hall–Kier alpha value is -3.80. The second-order valence-electron chi connectivity index (χ2n) is 5.48. The highest BCUT2D eigenvalue weighted by Gasteiger charge is 2.18. The maximum absolute atomic E-state index is 13.7. The number of rotatable bonds is 4. The SMILES string of the molecule is N#Cc1c(N)nc(N)nc1-c1ccc(F)cc1OCc1ccc(F)c(F)c1. The van der Waals surface area contributed by atoms with Gasteiger partial charge in [-0.25, -0.2) is 18.2 Å². The quantitative estimate of drug-likeness (QED) is 0.729. The number of benzene rings is 2. The van der Waals surface area contributed by atoms with E-state index < -0.39 is 17.5 Å². The zero-order chi connectivity index (χ0) is 19.6. The topological polar surface area (TPSA) is 111 Å². The average Bonchev–Trinajstić information content (AvgIpc) is 2.62. The molecule has 0 aliphatic carbocycles. The molecule has 3 rings (SSSR count). The maximum atomic E-state index is 13.7. The lowest BCUT2D eigenvalue weighted by Gasteiger charge is -2.13. The third kappa shape index (κ3) is 3.74. The van der Waals surface area contributed by atoms with Gasteiger partial charge in [-0.3, -0.25) is 0 Å². The van der Waals surface area contributed by atoms with Crippen molar-refractivity contribution in [3.05, 3.63) is 65.0 Å². The summed E-state index contributed by atoms with van der Waals surface area (Å²) in [4.78, 5) is 7.72. The first-order valence-corrected chi connectivity index (χ1v) is 7.58. The van der Waals surface area contributed by atoms with Gasteiger partial charge >= 0.3 is 0 Å². The van der Waals surface area contributed by atoms with Crippen LogP contribution in [0.1, 0.15) is 11.1 Å². The van der Waals surface area contributed by atoms with Crippen molar-refractivity contribution < 1.29 is 17.9 Å².